The Bertz CT molecular complexity index is 1370. The van der Waals surface area contributed by atoms with Gasteiger partial charge in [-0.2, -0.15) is 4.98 Å². The van der Waals surface area contributed by atoms with Gasteiger partial charge < -0.3 is 9.97 Å². The Hall–Kier alpha value is -3.87. The lowest BCUT2D eigenvalue weighted by atomic mass is 10.00. The number of aromatic nitrogens is 6. The molecule has 0 spiro atoms. The van der Waals surface area contributed by atoms with E-state index in [1.165, 1.54) is 0 Å². The summed E-state index contributed by atoms with van der Waals surface area (Å²) in [5.74, 6) is 0.531. The molecule has 130 valence electrons. The molecule has 3 heterocycles. The predicted molar refractivity (Wildman–Crippen MR) is 103 cm³/mol. The van der Waals surface area contributed by atoms with E-state index in [0.717, 1.165) is 27.6 Å². The van der Waals surface area contributed by atoms with Crippen LogP contribution in [0.3, 0.4) is 0 Å². The molecule has 0 atom stereocenters. The summed E-state index contributed by atoms with van der Waals surface area (Å²) in [6.07, 6.45) is 3.29. The zero-order valence-corrected chi connectivity index (χ0v) is 14.4. The van der Waals surface area contributed by atoms with Crippen LogP contribution in [0.1, 0.15) is 5.56 Å². The molecule has 5 rings (SSSR count). The van der Waals surface area contributed by atoms with E-state index in [9.17, 15) is 4.79 Å². The van der Waals surface area contributed by atoms with E-state index in [-0.39, 0.29) is 5.69 Å². The molecule has 5 aromatic rings. The molecule has 0 amide bonds. The molecular weight excluding hydrogens is 340 g/mol. The van der Waals surface area contributed by atoms with E-state index in [4.69, 9.17) is 0 Å². The van der Waals surface area contributed by atoms with Gasteiger partial charge in [0.25, 0.3) is 0 Å². The molecule has 27 heavy (non-hydrogen) atoms. The Balaban J connectivity index is 1.86. The van der Waals surface area contributed by atoms with Gasteiger partial charge in [-0.25, -0.2) is 19.7 Å². The highest BCUT2D eigenvalue weighted by atomic mass is 16.1. The Labute approximate surface area is 153 Å². The van der Waals surface area contributed by atoms with Crippen LogP contribution in [0.2, 0.25) is 0 Å². The second-order valence-electron chi connectivity index (χ2n) is 6.32. The van der Waals surface area contributed by atoms with Crippen molar-refractivity contribution in [3.05, 3.63) is 71.0 Å². The molecule has 0 bridgehead atoms. The molecule has 0 aliphatic rings. The average Bonchev–Trinajstić information content (AvgIpc) is 3.14. The summed E-state index contributed by atoms with van der Waals surface area (Å²) in [5.41, 5.74) is 5.02. The third-order valence-corrected chi connectivity index (χ3v) is 4.46. The van der Waals surface area contributed by atoms with E-state index < -0.39 is 0 Å². The van der Waals surface area contributed by atoms with Crippen molar-refractivity contribution in [3.63, 3.8) is 0 Å². The first kappa shape index (κ1) is 15.4. The standard InChI is InChI=1S/C20H14N6O/c1-11-4-2-5-12(8-11)17-16-13(6-3-7-14(16)24-20(27)25-17)18-21-9-15-19(26-18)23-10-22-15/h2-10H,1H3,(H,24,25,27)(H,21,22,23,26). The van der Waals surface area contributed by atoms with Crippen molar-refractivity contribution in [2.24, 2.45) is 0 Å². The van der Waals surface area contributed by atoms with Crippen molar-refractivity contribution < 1.29 is 0 Å². The second kappa shape index (κ2) is 5.84. The van der Waals surface area contributed by atoms with Crippen LogP contribution in [0, 0.1) is 6.92 Å². The van der Waals surface area contributed by atoms with Gasteiger partial charge in [-0.1, -0.05) is 35.9 Å². The predicted octanol–water partition coefficient (Wildman–Crippen LogP) is 3.23. The molecule has 0 saturated carbocycles. The third-order valence-electron chi connectivity index (χ3n) is 4.46. The molecule has 0 aliphatic heterocycles. The first-order valence-corrected chi connectivity index (χ1v) is 8.45. The number of fused-ring (bicyclic) bond motifs is 2. The maximum Gasteiger partial charge on any atom is 0.345 e. The van der Waals surface area contributed by atoms with Gasteiger partial charge in [0.05, 0.1) is 23.7 Å². The van der Waals surface area contributed by atoms with Gasteiger partial charge in [0.15, 0.2) is 11.5 Å². The van der Waals surface area contributed by atoms with Crippen LogP contribution in [-0.2, 0) is 0 Å². The summed E-state index contributed by atoms with van der Waals surface area (Å²) in [4.78, 5) is 35.4. The van der Waals surface area contributed by atoms with Gasteiger partial charge in [0.1, 0.15) is 5.52 Å². The fraction of sp³-hybridized carbons (Fsp3) is 0.0500. The summed E-state index contributed by atoms with van der Waals surface area (Å²) in [6, 6.07) is 13.6. The molecule has 0 saturated heterocycles. The van der Waals surface area contributed by atoms with Crippen molar-refractivity contribution in [1.29, 1.82) is 0 Å². The summed E-state index contributed by atoms with van der Waals surface area (Å²) in [7, 11) is 0. The molecule has 7 heteroatoms. The molecule has 7 nitrogen and oxygen atoms in total. The quantitative estimate of drug-likeness (QED) is 0.507. The lowest BCUT2D eigenvalue weighted by Gasteiger charge is -2.10. The second-order valence-corrected chi connectivity index (χ2v) is 6.32. The van der Waals surface area contributed by atoms with Crippen molar-refractivity contribution >= 4 is 22.1 Å². The number of benzene rings is 2. The van der Waals surface area contributed by atoms with Crippen LogP contribution in [0.5, 0.6) is 0 Å². The van der Waals surface area contributed by atoms with Crippen molar-refractivity contribution in [2.45, 2.75) is 6.92 Å². The SMILES string of the molecule is Cc1cccc(-c2nc(=O)[nH]c3cccc(-c4ncc5[nH]cnc5n4)c23)c1. The summed E-state index contributed by atoms with van der Waals surface area (Å²) < 4.78 is 0. The van der Waals surface area contributed by atoms with Gasteiger partial charge in [-0.15, -0.1) is 0 Å². The number of rotatable bonds is 2. The number of nitrogens with zero attached hydrogens (tertiary/aromatic N) is 4. The van der Waals surface area contributed by atoms with Crippen molar-refractivity contribution in [3.8, 4) is 22.6 Å². The van der Waals surface area contributed by atoms with E-state index in [0.29, 0.717) is 22.7 Å². The Kier molecular flexibility index (Phi) is 3.33. The average molecular weight is 354 g/mol. The highest BCUT2D eigenvalue weighted by Crippen LogP contribution is 2.32. The van der Waals surface area contributed by atoms with E-state index in [1.807, 2.05) is 49.4 Å². The largest absolute Gasteiger partial charge is 0.345 e. The summed E-state index contributed by atoms with van der Waals surface area (Å²) in [5, 5.41) is 0.803. The lowest BCUT2D eigenvalue weighted by Crippen LogP contribution is -2.12. The van der Waals surface area contributed by atoms with E-state index >= 15 is 0 Å². The summed E-state index contributed by atoms with van der Waals surface area (Å²) >= 11 is 0. The van der Waals surface area contributed by atoms with Crippen LogP contribution in [0.15, 0.2) is 59.8 Å². The number of aryl methyl sites for hydroxylation is 1. The number of imidazole rings is 1. The zero-order chi connectivity index (χ0) is 18.4. The molecular formula is C20H14N6O. The Morgan fingerprint density at radius 1 is 0.963 bits per heavy atom. The fourth-order valence-corrected chi connectivity index (χ4v) is 3.27. The summed E-state index contributed by atoms with van der Waals surface area (Å²) in [6.45, 7) is 2.01. The molecule has 0 fully saturated rings. The minimum Gasteiger partial charge on any atom is -0.342 e. The van der Waals surface area contributed by atoms with Crippen LogP contribution in [-0.4, -0.2) is 29.9 Å². The normalized spacial score (nSPS) is 11.3. The molecule has 0 aliphatic carbocycles. The highest BCUT2D eigenvalue weighted by molar-refractivity contribution is 6.02. The first-order valence-electron chi connectivity index (χ1n) is 8.45. The van der Waals surface area contributed by atoms with Crippen LogP contribution in [0.4, 0.5) is 0 Å². The fourth-order valence-electron chi connectivity index (χ4n) is 3.27. The number of hydrogen-bond donors (Lipinski definition) is 2. The Morgan fingerprint density at radius 2 is 1.85 bits per heavy atom. The minimum absolute atomic E-state index is 0.389. The van der Waals surface area contributed by atoms with Crippen molar-refractivity contribution in [2.75, 3.05) is 0 Å². The highest BCUT2D eigenvalue weighted by Gasteiger charge is 2.15. The van der Waals surface area contributed by atoms with Gasteiger partial charge in [0, 0.05) is 16.5 Å². The number of hydrogen-bond acceptors (Lipinski definition) is 5. The zero-order valence-electron chi connectivity index (χ0n) is 14.4. The minimum atomic E-state index is -0.389. The van der Waals surface area contributed by atoms with Gasteiger partial charge >= 0.3 is 5.69 Å². The number of aromatic amines is 2. The maximum absolute atomic E-state index is 12.1. The van der Waals surface area contributed by atoms with E-state index in [1.54, 1.807) is 12.5 Å². The van der Waals surface area contributed by atoms with Crippen LogP contribution >= 0.6 is 0 Å². The van der Waals surface area contributed by atoms with Crippen LogP contribution < -0.4 is 5.69 Å². The molecule has 0 radical (unpaired) electrons. The van der Waals surface area contributed by atoms with E-state index in [2.05, 4.69) is 29.9 Å². The topological polar surface area (TPSA) is 100 Å². The molecule has 0 unspecified atom stereocenters. The molecule has 2 N–H and O–H groups in total. The molecule has 3 aromatic heterocycles. The van der Waals surface area contributed by atoms with Gasteiger partial charge in [-0.05, 0) is 19.1 Å². The smallest absolute Gasteiger partial charge is 0.342 e. The maximum atomic E-state index is 12.1. The number of H-pyrrole nitrogens is 2. The Morgan fingerprint density at radius 3 is 2.74 bits per heavy atom. The third kappa shape index (κ3) is 2.56. The van der Waals surface area contributed by atoms with Crippen LogP contribution in [0.25, 0.3) is 44.7 Å². The monoisotopic (exact) mass is 354 g/mol. The van der Waals surface area contributed by atoms with Crippen molar-refractivity contribution in [1.82, 2.24) is 29.9 Å². The molecule has 2 aromatic carbocycles. The lowest BCUT2D eigenvalue weighted by molar-refractivity contribution is 1.12. The van der Waals surface area contributed by atoms with Gasteiger partial charge in [0.2, 0.25) is 0 Å². The van der Waals surface area contributed by atoms with Gasteiger partial charge in [-0.3, -0.25) is 0 Å². The first-order chi connectivity index (χ1) is 13.2. The number of nitrogens with one attached hydrogen (secondary N) is 2.